The number of nitrogens with one attached hydrogen (secondary N) is 4. The van der Waals surface area contributed by atoms with E-state index in [1.165, 1.54) is 11.0 Å². The first kappa shape index (κ1) is 52.1. The third-order valence-corrected chi connectivity index (χ3v) is 13.3. The van der Waals surface area contributed by atoms with Gasteiger partial charge in [-0.2, -0.15) is 0 Å². The summed E-state index contributed by atoms with van der Waals surface area (Å²) in [6.07, 6.45) is 2.61. The molecule has 73 heavy (non-hydrogen) atoms. The van der Waals surface area contributed by atoms with Crippen LogP contribution in [0.3, 0.4) is 0 Å². The Balaban J connectivity index is 0.946. The van der Waals surface area contributed by atoms with E-state index in [-0.39, 0.29) is 61.6 Å². The molecular formula is C55H68FN9O8. The third-order valence-electron chi connectivity index (χ3n) is 13.3. The first-order valence-electron chi connectivity index (χ1n) is 25.1. The molecule has 3 aromatic carbocycles. The first-order chi connectivity index (χ1) is 34.5. The number of carbonyl (C=O) groups excluding carboxylic acids is 5. The Labute approximate surface area is 426 Å². The van der Waals surface area contributed by atoms with Gasteiger partial charge in [-0.15, -0.1) is 0 Å². The topological polar surface area (TPSA) is 204 Å². The average Bonchev–Trinajstić information content (AvgIpc) is 4.18. The summed E-state index contributed by atoms with van der Waals surface area (Å²) in [6, 6.07) is 18.3. The van der Waals surface area contributed by atoms with Crippen molar-refractivity contribution in [2.45, 2.75) is 143 Å². The molecule has 0 radical (unpaired) electrons. The number of benzene rings is 3. The Hall–Kier alpha value is -7.24. The lowest BCUT2D eigenvalue weighted by Gasteiger charge is -2.31. The minimum Gasteiger partial charge on any atom is -0.444 e. The van der Waals surface area contributed by atoms with Crippen LogP contribution in [0.5, 0.6) is 0 Å². The van der Waals surface area contributed by atoms with Crippen molar-refractivity contribution in [1.29, 1.82) is 0 Å². The highest BCUT2D eigenvalue weighted by Crippen LogP contribution is 2.37. The highest BCUT2D eigenvalue weighted by molar-refractivity contribution is 5.87. The monoisotopic (exact) mass is 1000 g/mol. The Morgan fingerprint density at radius 2 is 1.16 bits per heavy atom. The summed E-state index contributed by atoms with van der Waals surface area (Å²) >= 11 is 0. The van der Waals surface area contributed by atoms with Gasteiger partial charge in [-0.05, 0) is 100 Å². The number of hydrogen-bond acceptors (Lipinski definition) is 10. The van der Waals surface area contributed by atoms with Crippen molar-refractivity contribution in [3.8, 4) is 33.6 Å². The highest BCUT2D eigenvalue weighted by atomic mass is 19.1. The number of nitrogens with zero attached hydrogens (tertiary/aromatic N) is 5. The highest BCUT2D eigenvalue weighted by Gasteiger charge is 2.44. The summed E-state index contributed by atoms with van der Waals surface area (Å²) in [5.41, 5.74) is 5.01. The number of fused-ring (bicyclic) bond motifs is 1. The van der Waals surface area contributed by atoms with Gasteiger partial charge >= 0.3 is 18.3 Å². The van der Waals surface area contributed by atoms with E-state index in [9.17, 15) is 28.4 Å². The van der Waals surface area contributed by atoms with Crippen LogP contribution in [0.25, 0.3) is 33.6 Å². The summed E-state index contributed by atoms with van der Waals surface area (Å²) in [5, 5.41) is 5.56. The molecule has 0 saturated carbocycles. The number of carbonyl (C=O) groups is 5. The average molecular weight is 1000 g/mol. The molecule has 0 spiro atoms. The molecule has 0 aliphatic carbocycles. The lowest BCUT2D eigenvalue weighted by atomic mass is 10.0. The SMILES string of the molecule is CC(C)C(NC(=O)OC(C)(C)C)C(=O)N1CCC[C@H]1c1ncc(-c2ccc(-c3ccc(-c4cnc([C@@H]5C[C@@H](OC(=O)N6Cc7cccc(F)c7C6)CN5C(=O)[C@@H](NC(=O)OC(C)(C)C)C(C)C)[nH]4)cc3)cc2)[nH]1. The van der Waals surface area contributed by atoms with Crippen LogP contribution < -0.4 is 10.6 Å². The lowest BCUT2D eigenvalue weighted by Crippen LogP contribution is -2.52. The molecule has 5 atom stereocenters. The molecule has 2 saturated heterocycles. The minimum absolute atomic E-state index is 0.0459. The van der Waals surface area contributed by atoms with Crippen LogP contribution in [0, 0.1) is 17.7 Å². The van der Waals surface area contributed by atoms with Gasteiger partial charge < -0.3 is 44.6 Å². The molecule has 2 fully saturated rings. The van der Waals surface area contributed by atoms with Crippen LogP contribution in [0.15, 0.2) is 79.1 Å². The molecule has 3 aliphatic heterocycles. The maximum absolute atomic E-state index is 14.6. The van der Waals surface area contributed by atoms with Crippen LogP contribution in [0.1, 0.15) is 123 Å². The number of likely N-dealkylation sites (tertiary alicyclic amines) is 2. The van der Waals surface area contributed by atoms with E-state index in [2.05, 4.69) is 20.6 Å². The van der Waals surface area contributed by atoms with Crippen LogP contribution >= 0.6 is 0 Å². The van der Waals surface area contributed by atoms with Gasteiger partial charge in [0.05, 0.1) is 49.0 Å². The van der Waals surface area contributed by atoms with E-state index < -0.39 is 53.7 Å². The predicted molar refractivity (Wildman–Crippen MR) is 272 cm³/mol. The van der Waals surface area contributed by atoms with Gasteiger partial charge in [0.25, 0.3) is 0 Å². The van der Waals surface area contributed by atoms with Crippen molar-refractivity contribution in [2.24, 2.45) is 11.8 Å². The Morgan fingerprint density at radius 3 is 1.66 bits per heavy atom. The van der Waals surface area contributed by atoms with E-state index in [1.54, 1.807) is 75.9 Å². The molecule has 17 nitrogen and oxygen atoms in total. The van der Waals surface area contributed by atoms with Crippen molar-refractivity contribution in [3.05, 3.63) is 108 Å². The van der Waals surface area contributed by atoms with Crippen LogP contribution in [-0.4, -0.2) is 107 Å². The fraction of sp³-hybridized carbons (Fsp3) is 0.473. The number of amides is 5. The van der Waals surface area contributed by atoms with Crippen molar-refractivity contribution >= 4 is 30.1 Å². The Bertz CT molecular complexity index is 2810. The zero-order chi connectivity index (χ0) is 52.5. The predicted octanol–water partition coefficient (Wildman–Crippen LogP) is 9.83. The number of imidazole rings is 2. The largest absolute Gasteiger partial charge is 0.444 e. The van der Waals surface area contributed by atoms with Gasteiger partial charge in [0.1, 0.15) is 46.9 Å². The van der Waals surface area contributed by atoms with Gasteiger partial charge in [0.15, 0.2) is 0 Å². The lowest BCUT2D eigenvalue weighted by molar-refractivity contribution is -0.136. The molecule has 4 N–H and O–H groups in total. The number of aromatic nitrogens is 4. The molecule has 1 unspecified atom stereocenters. The number of halogens is 1. The van der Waals surface area contributed by atoms with Gasteiger partial charge in [-0.1, -0.05) is 88.4 Å². The van der Waals surface area contributed by atoms with E-state index in [4.69, 9.17) is 24.2 Å². The zero-order valence-corrected chi connectivity index (χ0v) is 43.4. The standard InChI is InChI=1S/C55H68FN9O8/c1-31(2)45(61-51(68)72-54(5,6)7)49(66)64-24-12-15-43(64)47-57-26-41(59-47)35-20-16-33(17-21-35)34-18-22-36(23-19-34)42-27-58-48(60-42)44-25-38(71-53(70)63-28-37-13-11-14-40(56)39(37)30-63)29-65(44)50(67)46(32(3)4)62-52(69)73-55(8,9)10/h11,13-14,16-23,26-27,31-32,38,43-46H,12,15,24-25,28-30H2,1-10H3,(H,57,59)(H,58,60)(H,61,68)(H,62,69)/t38-,43+,44+,45?,46+/m1/s1. The first-order valence-corrected chi connectivity index (χ1v) is 25.1. The fourth-order valence-corrected chi connectivity index (χ4v) is 9.67. The van der Waals surface area contributed by atoms with Gasteiger partial charge in [0, 0.05) is 25.1 Å². The summed E-state index contributed by atoms with van der Waals surface area (Å²) in [7, 11) is 0. The number of hydrogen-bond donors (Lipinski definition) is 4. The molecule has 5 aromatic rings. The van der Waals surface area contributed by atoms with Crippen LogP contribution in [0.2, 0.25) is 0 Å². The van der Waals surface area contributed by atoms with Crippen molar-refractivity contribution in [1.82, 2.24) is 45.3 Å². The van der Waals surface area contributed by atoms with Gasteiger partial charge in [-0.25, -0.2) is 28.7 Å². The van der Waals surface area contributed by atoms with Crippen LogP contribution in [0.4, 0.5) is 18.8 Å². The van der Waals surface area contributed by atoms with Crippen molar-refractivity contribution in [2.75, 3.05) is 13.1 Å². The fourth-order valence-electron chi connectivity index (χ4n) is 9.67. The second-order valence-electron chi connectivity index (χ2n) is 21.9. The van der Waals surface area contributed by atoms with Gasteiger partial charge in [-0.3, -0.25) is 14.5 Å². The third kappa shape index (κ3) is 12.2. The summed E-state index contributed by atoms with van der Waals surface area (Å²) in [4.78, 5) is 88.7. The molecule has 3 aliphatic rings. The maximum Gasteiger partial charge on any atom is 0.410 e. The smallest absolute Gasteiger partial charge is 0.410 e. The normalized spacial score (nSPS) is 18.7. The molecule has 388 valence electrons. The molecule has 2 aromatic heterocycles. The second kappa shape index (κ2) is 21.1. The summed E-state index contributed by atoms with van der Waals surface area (Å²) < 4.78 is 31.5. The molecule has 18 heteroatoms. The molecule has 0 bridgehead atoms. The summed E-state index contributed by atoms with van der Waals surface area (Å²) in [6.45, 7) is 19.0. The Morgan fingerprint density at radius 1 is 0.671 bits per heavy atom. The molecular weight excluding hydrogens is 934 g/mol. The number of aromatic amines is 2. The number of alkyl carbamates (subject to hydrolysis) is 2. The maximum atomic E-state index is 14.6. The molecule has 5 heterocycles. The van der Waals surface area contributed by atoms with Crippen LogP contribution in [-0.2, 0) is 36.9 Å². The molecule has 5 amide bonds. The van der Waals surface area contributed by atoms with E-state index in [0.29, 0.717) is 29.5 Å². The van der Waals surface area contributed by atoms with E-state index in [1.807, 2.05) is 76.2 Å². The quantitative estimate of drug-likeness (QED) is 0.0871. The van der Waals surface area contributed by atoms with Crippen molar-refractivity contribution < 1.29 is 42.6 Å². The van der Waals surface area contributed by atoms with Crippen molar-refractivity contribution in [3.63, 3.8) is 0 Å². The van der Waals surface area contributed by atoms with E-state index >= 15 is 0 Å². The van der Waals surface area contributed by atoms with Gasteiger partial charge in [0.2, 0.25) is 11.8 Å². The number of ether oxygens (including phenoxy) is 3. The zero-order valence-electron chi connectivity index (χ0n) is 43.4. The minimum atomic E-state index is -0.948. The number of H-pyrrole nitrogens is 2. The summed E-state index contributed by atoms with van der Waals surface area (Å²) in [5.74, 6) is -0.202. The van der Waals surface area contributed by atoms with E-state index in [0.717, 1.165) is 46.4 Å². The Kier molecular flexibility index (Phi) is 15.0. The molecule has 8 rings (SSSR count). The number of rotatable bonds is 12. The second-order valence-corrected chi connectivity index (χ2v) is 21.9.